The second-order valence-electron chi connectivity index (χ2n) is 5.05. The highest BCUT2D eigenvalue weighted by Crippen LogP contribution is 2.31. The Bertz CT molecular complexity index is 690. The van der Waals surface area contributed by atoms with E-state index in [1.807, 2.05) is 43.4 Å². The Kier molecular flexibility index (Phi) is 2.85. The van der Waals surface area contributed by atoms with E-state index in [1.54, 1.807) is 4.90 Å². The van der Waals surface area contributed by atoms with Gasteiger partial charge in [0, 0.05) is 55.5 Å². The van der Waals surface area contributed by atoms with Gasteiger partial charge in [0.05, 0.1) is 0 Å². The summed E-state index contributed by atoms with van der Waals surface area (Å²) in [4.78, 5) is 29.9. The molecule has 0 radical (unpaired) electrons. The molecule has 1 aliphatic heterocycles. The van der Waals surface area contributed by atoms with Gasteiger partial charge in [-0.25, -0.2) is 4.79 Å². The molecule has 0 spiro atoms. The van der Waals surface area contributed by atoms with E-state index in [1.165, 1.54) is 0 Å². The fourth-order valence-electron chi connectivity index (χ4n) is 2.47. The second kappa shape index (κ2) is 4.56. The van der Waals surface area contributed by atoms with Gasteiger partial charge in [0.25, 0.3) is 0 Å². The molecule has 2 N–H and O–H groups in total. The Morgan fingerprint density at radius 3 is 2.75 bits per heavy atom. The molecule has 1 aliphatic rings. The maximum atomic E-state index is 11.9. The SMILES string of the molecule is CN(C)c1cc(N2CCC(=O)NC2=O)cc2[nH]ccc12. The van der Waals surface area contributed by atoms with Gasteiger partial charge in [0.15, 0.2) is 0 Å². The van der Waals surface area contributed by atoms with Gasteiger partial charge in [-0.15, -0.1) is 0 Å². The van der Waals surface area contributed by atoms with Crippen molar-refractivity contribution in [3.8, 4) is 0 Å². The number of hydrogen-bond acceptors (Lipinski definition) is 3. The Labute approximate surface area is 116 Å². The Hall–Kier alpha value is -2.50. The minimum absolute atomic E-state index is 0.222. The third kappa shape index (κ3) is 1.99. The van der Waals surface area contributed by atoms with E-state index < -0.39 is 0 Å². The number of aromatic nitrogens is 1. The second-order valence-corrected chi connectivity index (χ2v) is 5.05. The molecule has 3 amide bonds. The van der Waals surface area contributed by atoms with E-state index in [4.69, 9.17) is 0 Å². The molecular formula is C14H16N4O2. The monoisotopic (exact) mass is 272 g/mol. The van der Waals surface area contributed by atoms with Crippen LogP contribution in [0.3, 0.4) is 0 Å². The van der Waals surface area contributed by atoms with E-state index in [9.17, 15) is 9.59 Å². The van der Waals surface area contributed by atoms with Gasteiger partial charge in [-0.2, -0.15) is 0 Å². The van der Waals surface area contributed by atoms with Crippen LogP contribution in [0, 0.1) is 0 Å². The van der Waals surface area contributed by atoms with Gasteiger partial charge in [0.2, 0.25) is 5.91 Å². The summed E-state index contributed by atoms with van der Waals surface area (Å²) in [5.41, 5.74) is 2.79. The minimum atomic E-state index is -0.364. The predicted octanol–water partition coefficient (Wildman–Crippen LogP) is 1.68. The van der Waals surface area contributed by atoms with Gasteiger partial charge in [-0.1, -0.05) is 0 Å². The number of carbonyl (C=O) groups is 2. The molecule has 2 aromatic rings. The summed E-state index contributed by atoms with van der Waals surface area (Å²) in [5, 5.41) is 3.45. The van der Waals surface area contributed by atoms with Crippen molar-refractivity contribution in [1.82, 2.24) is 10.3 Å². The molecule has 6 nitrogen and oxygen atoms in total. The maximum absolute atomic E-state index is 11.9. The minimum Gasteiger partial charge on any atom is -0.377 e. The lowest BCUT2D eigenvalue weighted by Crippen LogP contribution is -2.49. The van der Waals surface area contributed by atoms with Crippen molar-refractivity contribution in [2.45, 2.75) is 6.42 Å². The molecule has 0 saturated carbocycles. The van der Waals surface area contributed by atoms with Crippen LogP contribution in [0.2, 0.25) is 0 Å². The van der Waals surface area contributed by atoms with Crippen LogP contribution in [0.4, 0.5) is 16.2 Å². The molecule has 0 unspecified atom stereocenters. The maximum Gasteiger partial charge on any atom is 0.328 e. The van der Waals surface area contributed by atoms with Crippen LogP contribution in [0.15, 0.2) is 24.4 Å². The average Bonchev–Trinajstić information content (AvgIpc) is 2.85. The van der Waals surface area contributed by atoms with Crippen molar-refractivity contribution in [2.75, 3.05) is 30.4 Å². The van der Waals surface area contributed by atoms with Gasteiger partial charge in [0.1, 0.15) is 0 Å². The van der Waals surface area contributed by atoms with E-state index in [0.29, 0.717) is 13.0 Å². The van der Waals surface area contributed by atoms with Crippen molar-refractivity contribution in [2.24, 2.45) is 0 Å². The molecule has 20 heavy (non-hydrogen) atoms. The van der Waals surface area contributed by atoms with Crippen LogP contribution in [0.25, 0.3) is 10.9 Å². The van der Waals surface area contributed by atoms with Crippen LogP contribution in [-0.4, -0.2) is 37.6 Å². The summed E-state index contributed by atoms with van der Waals surface area (Å²) in [6.07, 6.45) is 2.20. The first-order valence-corrected chi connectivity index (χ1v) is 6.46. The molecule has 1 fully saturated rings. The summed E-state index contributed by atoms with van der Waals surface area (Å²) in [7, 11) is 3.93. The first-order chi connectivity index (χ1) is 9.56. The lowest BCUT2D eigenvalue weighted by Gasteiger charge is -2.27. The van der Waals surface area contributed by atoms with Crippen LogP contribution in [0.5, 0.6) is 0 Å². The first-order valence-electron chi connectivity index (χ1n) is 6.46. The number of H-pyrrole nitrogens is 1. The van der Waals surface area contributed by atoms with Crippen LogP contribution in [-0.2, 0) is 4.79 Å². The molecule has 0 aliphatic carbocycles. The Morgan fingerprint density at radius 1 is 1.25 bits per heavy atom. The van der Waals surface area contributed by atoms with E-state index in [0.717, 1.165) is 22.3 Å². The van der Waals surface area contributed by atoms with Crippen LogP contribution in [0.1, 0.15) is 6.42 Å². The van der Waals surface area contributed by atoms with Gasteiger partial charge >= 0.3 is 6.03 Å². The van der Waals surface area contributed by atoms with Crippen molar-refractivity contribution < 1.29 is 9.59 Å². The molecule has 0 bridgehead atoms. The smallest absolute Gasteiger partial charge is 0.328 e. The zero-order chi connectivity index (χ0) is 14.3. The number of urea groups is 1. The summed E-state index contributed by atoms with van der Waals surface area (Å²) in [6.45, 7) is 0.406. The van der Waals surface area contributed by atoms with Crippen LogP contribution >= 0.6 is 0 Å². The number of nitrogens with zero attached hydrogens (tertiary/aromatic N) is 2. The number of fused-ring (bicyclic) bond motifs is 1. The lowest BCUT2D eigenvalue weighted by molar-refractivity contribution is -0.120. The van der Waals surface area contributed by atoms with Gasteiger partial charge in [-0.05, 0) is 18.2 Å². The van der Waals surface area contributed by atoms with Crippen LogP contribution < -0.4 is 15.1 Å². The molecule has 0 atom stereocenters. The quantitative estimate of drug-likeness (QED) is 0.874. The zero-order valence-corrected chi connectivity index (χ0v) is 11.4. The van der Waals surface area contributed by atoms with Gasteiger partial charge in [-0.3, -0.25) is 15.0 Å². The molecule has 3 rings (SSSR count). The van der Waals surface area contributed by atoms with Gasteiger partial charge < -0.3 is 9.88 Å². The largest absolute Gasteiger partial charge is 0.377 e. The summed E-state index contributed by atoms with van der Waals surface area (Å²) in [6, 6.07) is 5.54. The molecule has 104 valence electrons. The Morgan fingerprint density at radius 2 is 2.05 bits per heavy atom. The zero-order valence-electron chi connectivity index (χ0n) is 11.4. The standard InChI is InChI=1S/C14H16N4O2/c1-17(2)12-8-9(7-11-10(12)3-5-15-11)18-6-4-13(19)16-14(18)20/h3,5,7-8,15H,4,6H2,1-2H3,(H,16,19,20). The fourth-order valence-corrected chi connectivity index (χ4v) is 2.47. The highest BCUT2D eigenvalue weighted by molar-refractivity contribution is 6.07. The number of hydrogen-bond donors (Lipinski definition) is 2. The predicted molar refractivity (Wildman–Crippen MR) is 78.1 cm³/mol. The lowest BCUT2D eigenvalue weighted by atomic mass is 10.1. The third-order valence-corrected chi connectivity index (χ3v) is 3.48. The topological polar surface area (TPSA) is 68.4 Å². The molecule has 1 aromatic heterocycles. The number of aromatic amines is 1. The van der Waals surface area contributed by atoms with Crippen molar-refractivity contribution in [3.05, 3.63) is 24.4 Å². The van der Waals surface area contributed by atoms with Crippen molar-refractivity contribution >= 4 is 34.2 Å². The number of imide groups is 1. The number of carbonyl (C=O) groups excluding carboxylic acids is 2. The summed E-state index contributed by atoms with van der Waals surface area (Å²) < 4.78 is 0. The van der Waals surface area contributed by atoms with E-state index in [2.05, 4.69) is 10.3 Å². The molecule has 1 aromatic carbocycles. The fraction of sp³-hybridized carbons (Fsp3) is 0.286. The van der Waals surface area contributed by atoms with E-state index >= 15 is 0 Å². The number of benzene rings is 1. The molecule has 6 heteroatoms. The molecule has 1 saturated heterocycles. The number of anilines is 2. The van der Waals surface area contributed by atoms with E-state index in [-0.39, 0.29) is 11.9 Å². The average molecular weight is 272 g/mol. The number of rotatable bonds is 2. The highest BCUT2D eigenvalue weighted by Gasteiger charge is 2.25. The summed E-state index contributed by atoms with van der Waals surface area (Å²) >= 11 is 0. The number of amides is 3. The summed E-state index contributed by atoms with van der Waals surface area (Å²) in [5.74, 6) is -0.222. The normalized spacial score (nSPS) is 15.6. The molecule has 2 heterocycles. The first kappa shape index (κ1) is 12.5. The van der Waals surface area contributed by atoms with Crippen molar-refractivity contribution in [1.29, 1.82) is 0 Å². The third-order valence-electron chi connectivity index (χ3n) is 3.48. The highest BCUT2D eigenvalue weighted by atomic mass is 16.2. The molecular weight excluding hydrogens is 256 g/mol. The number of nitrogens with one attached hydrogen (secondary N) is 2. The Balaban J connectivity index is 2.07. The van der Waals surface area contributed by atoms with Crippen molar-refractivity contribution in [3.63, 3.8) is 0 Å².